The van der Waals surface area contributed by atoms with E-state index in [4.69, 9.17) is 0 Å². The van der Waals surface area contributed by atoms with Crippen molar-refractivity contribution in [1.29, 1.82) is 0 Å². The van der Waals surface area contributed by atoms with Gasteiger partial charge in [-0.25, -0.2) is 0 Å². The number of carbonyl (C=O) groups excluding carboxylic acids is 3. The molecule has 0 aromatic heterocycles. The van der Waals surface area contributed by atoms with Crippen molar-refractivity contribution in [3.05, 3.63) is 35.4 Å². The van der Waals surface area contributed by atoms with E-state index in [9.17, 15) is 14.4 Å². The van der Waals surface area contributed by atoms with Gasteiger partial charge in [0, 0.05) is 17.5 Å². The number of nitrogens with one attached hydrogen (secondary N) is 1. The molecule has 1 N–H and O–H groups in total. The lowest BCUT2D eigenvalue weighted by Gasteiger charge is -2.29. The average molecular weight is 391 g/mol. The van der Waals surface area contributed by atoms with Crippen LogP contribution in [0.4, 0.5) is 0 Å². The highest BCUT2D eigenvalue weighted by atomic mass is 32.2. The second-order valence-electron chi connectivity index (χ2n) is 7.04. The summed E-state index contributed by atoms with van der Waals surface area (Å²) in [5.41, 5.74) is 2.59. The lowest BCUT2D eigenvalue weighted by Crippen LogP contribution is -2.52. The van der Waals surface area contributed by atoms with Gasteiger partial charge < -0.3 is 9.69 Å². The summed E-state index contributed by atoms with van der Waals surface area (Å²) in [5, 5.41) is 2.84. The number of carbonyl (C=O) groups is 3. The van der Waals surface area contributed by atoms with Crippen molar-refractivity contribution < 1.29 is 14.4 Å². The van der Waals surface area contributed by atoms with Crippen LogP contribution in [0.25, 0.3) is 0 Å². The van der Waals surface area contributed by atoms with Gasteiger partial charge in [0.2, 0.25) is 5.91 Å². The summed E-state index contributed by atoms with van der Waals surface area (Å²) in [7, 11) is 0. The van der Waals surface area contributed by atoms with Crippen LogP contribution in [-0.4, -0.2) is 57.7 Å². The molecule has 1 aliphatic carbocycles. The Bertz CT molecular complexity index is 726. The molecular weight excluding hydrogens is 368 g/mol. The Morgan fingerprint density at radius 1 is 1.23 bits per heavy atom. The Balaban J connectivity index is 1.47. The molecule has 0 spiro atoms. The van der Waals surface area contributed by atoms with E-state index < -0.39 is 6.04 Å². The molecule has 5 nitrogen and oxygen atoms in total. The molecule has 1 aromatic carbocycles. The third kappa shape index (κ3) is 3.32. The molecule has 0 radical (unpaired) electrons. The van der Waals surface area contributed by atoms with Crippen molar-refractivity contribution in [1.82, 2.24) is 10.2 Å². The van der Waals surface area contributed by atoms with E-state index in [2.05, 4.69) is 17.4 Å². The number of thioether (sulfide) groups is 2. The van der Waals surface area contributed by atoms with Crippen molar-refractivity contribution in [2.75, 3.05) is 17.5 Å². The molecule has 0 bridgehead atoms. The topological polar surface area (TPSA) is 66.5 Å². The van der Waals surface area contributed by atoms with Crippen LogP contribution in [0.1, 0.15) is 17.5 Å². The number of aldehydes is 1. The summed E-state index contributed by atoms with van der Waals surface area (Å²) in [5.74, 6) is 1.83. The fourth-order valence-corrected chi connectivity index (χ4v) is 6.38. The largest absolute Gasteiger partial charge is 0.321 e. The van der Waals surface area contributed by atoms with Gasteiger partial charge >= 0.3 is 0 Å². The minimum Gasteiger partial charge on any atom is -0.321 e. The fourth-order valence-electron chi connectivity index (χ4n) is 4.04. The zero-order valence-corrected chi connectivity index (χ0v) is 16.1. The predicted octanol–water partition coefficient (Wildman–Crippen LogP) is 1.49. The molecular formula is C19H22N2O3S2. The number of benzene rings is 1. The normalized spacial score (nSPS) is 30.8. The van der Waals surface area contributed by atoms with Crippen molar-refractivity contribution >= 4 is 41.5 Å². The molecule has 3 aliphatic rings. The number of nitrogens with zero attached hydrogens (tertiary/aromatic N) is 1. The second-order valence-corrected chi connectivity index (χ2v) is 9.17. The number of rotatable bonds is 4. The van der Waals surface area contributed by atoms with Crippen LogP contribution < -0.4 is 5.32 Å². The van der Waals surface area contributed by atoms with Gasteiger partial charge in [0.1, 0.15) is 12.3 Å². The minimum atomic E-state index is -0.508. The summed E-state index contributed by atoms with van der Waals surface area (Å²) in [6, 6.07) is 7.44. The van der Waals surface area contributed by atoms with Crippen molar-refractivity contribution in [2.24, 2.45) is 5.92 Å². The molecule has 138 valence electrons. The van der Waals surface area contributed by atoms with Gasteiger partial charge in [-0.05, 0) is 30.4 Å². The summed E-state index contributed by atoms with van der Waals surface area (Å²) in [6.07, 6.45) is 3.38. The summed E-state index contributed by atoms with van der Waals surface area (Å²) in [4.78, 5) is 39.0. The van der Waals surface area contributed by atoms with Gasteiger partial charge in [0.15, 0.2) is 5.78 Å². The zero-order valence-electron chi connectivity index (χ0n) is 14.4. The zero-order chi connectivity index (χ0) is 18.1. The molecule has 1 unspecified atom stereocenters. The number of hydrogen-bond donors (Lipinski definition) is 1. The molecule has 4 rings (SSSR count). The lowest BCUT2D eigenvalue weighted by atomic mass is 9.80. The van der Waals surface area contributed by atoms with Crippen molar-refractivity contribution in [2.45, 2.75) is 36.6 Å². The average Bonchev–Trinajstić information content (AvgIpc) is 3.35. The fraction of sp³-hybridized carbons (Fsp3) is 0.526. The van der Waals surface area contributed by atoms with E-state index in [0.717, 1.165) is 25.5 Å². The highest BCUT2D eigenvalue weighted by Gasteiger charge is 2.44. The first-order valence-electron chi connectivity index (χ1n) is 8.98. The second kappa shape index (κ2) is 7.74. The first kappa shape index (κ1) is 18.1. The Kier molecular flexibility index (Phi) is 5.38. The standard InChI is InChI=1S/C19H22N2O3S2/c22-8-15-9-25-11-21(15)19(24)16-18(26-10-20-16)17(23)14-6-5-12-3-1-2-4-13(12)7-14/h1-4,8,14-16,18,20H,5-7,9-11H2/t14-,15+,16-,18?/m0/s1. The summed E-state index contributed by atoms with van der Waals surface area (Å²) >= 11 is 3.11. The summed E-state index contributed by atoms with van der Waals surface area (Å²) < 4.78 is 0. The van der Waals surface area contributed by atoms with Crippen LogP contribution in [-0.2, 0) is 27.2 Å². The molecule has 0 saturated carbocycles. The number of Topliss-reactive ketones (excluding diaryl/α,β-unsaturated/α-hetero) is 1. The summed E-state index contributed by atoms with van der Waals surface area (Å²) in [6.45, 7) is 0. The Labute approximate surface area is 161 Å². The Morgan fingerprint density at radius 2 is 2.04 bits per heavy atom. The van der Waals surface area contributed by atoms with Gasteiger partial charge in [0.05, 0.1) is 17.2 Å². The molecule has 7 heteroatoms. The van der Waals surface area contributed by atoms with E-state index in [1.165, 1.54) is 22.9 Å². The van der Waals surface area contributed by atoms with Gasteiger partial charge in [-0.2, -0.15) is 0 Å². The van der Waals surface area contributed by atoms with Gasteiger partial charge in [-0.15, -0.1) is 23.5 Å². The van der Waals surface area contributed by atoms with Gasteiger partial charge in [0.25, 0.3) is 0 Å². The monoisotopic (exact) mass is 390 g/mol. The Morgan fingerprint density at radius 3 is 2.85 bits per heavy atom. The molecule has 2 aliphatic heterocycles. The van der Waals surface area contributed by atoms with E-state index in [-0.39, 0.29) is 28.9 Å². The molecule has 1 amide bonds. The van der Waals surface area contributed by atoms with Crippen LogP contribution in [0.3, 0.4) is 0 Å². The maximum atomic E-state index is 13.2. The number of ketones is 1. The van der Waals surface area contributed by atoms with Crippen molar-refractivity contribution in [3.63, 3.8) is 0 Å². The van der Waals surface area contributed by atoms with Gasteiger partial charge in [-0.3, -0.25) is 14.9 Å². The first-order valence-corrected chi connectivity index (χ1v) is 11.2. The maximum absolute atomic E-state index is 13.2. The van der Waals surface area contributed by atoms with E-state index in [1.54, 1.807) is 16.7 Å². The van der Waals surface area contributed by atoms with Crippen LogP contribution in [0.15, 0.2) is 24.3 Å². The molecule has 2 saturated heterocycles. The number of hydrogen-bond acceptors (Lipinski definition) is 6. The third-order valence-corrected chi connectivity index (χ3v) is 7.76. The molecule has 4 atom stereocenters. The molecule has 1 aromatic rings. The minimum absolute atomic E-state index is 0.0209. The SMILES string of the molecule is O=C[C@@H]1CSCN1C(=O)[C@H]1NCSC1C(=O)[C@H]1CCc2ccccc2C1. The predicted molar refractivity (Wildman–Crippen MR) is 104 cm³/mol. The highest BCUT2D eigenvalue weighted by molar-refractivity contribution is 8.01. The van der Waals surface area contributed by atoms with E-state index >= 15 is 0 Å². The quantitative estimate of drug-likeness (QED) is 0.786. The smallest absolute Gasteiger partial charge is 0.242 e. The number of aryl methyl sites for hydroxylation is 1. The number of amides is 1. The third-order valence-electron chi connectivity index (χ3n) is 5.52. The van der Waals surface area contributed by atoms with Crippen LogP contribution in [0, 0.1) is 5.92 Å². The lowest BCUT2D eigenvalue weighted by molar-refractivity contribution is -0.137. The molecule has 26 heavy (non-hydrogen) atoms. The maximum Gasteiger partial charge on any atom is 0.242 e. The van der Waals surface area contributed by atoms with Crippen LogP contribution in [0.2, 0.25) is 0 Å². The van der Waals surface area contributed by atoms with Crippen molar-refractivity contribution in [3.8, 4) is 0 Å². The van der Waals surface area contributed by atoms with E-state index in [0.29, 0.717) is 17.5 Å². The van der Waals surface area contributed by atoms with Crippen LogP contribution >= 0.6 is 23.5 Å². The van der Waals surface area contributed by atoms with Gasteiger partial charge in [-0.1, -0.05) is 24.3 Å². The first-order chi connectivity index (χ1) is 12.7. The Hall–Kier alpha value is -1.31. The molecule has 2 fully saturated rings. The van der Waals surface area contributed by atoms with E-state index in [1.807, 2.05) is 12.1 Å². The van der Waals surface area contributed by atoms with Crippen LogP contribution in [0.5, 0.6) is 0 Å². The highest BCUT2D eigenvalue weighted by Crippen LogP contribution is 2.33. The number of fused-ring (bicyclic) bond motifs is 1. The molecule has 2 heterocycles.